The molecule has 10 heteroatoms. The number of aromatic nitrogens is 2. The summed E-state index contributed by atoms with van der Waals surface area (Å²) in [7, 11) is -3.49. The van der Waals surface area contributed by atoms with E-state index in [-0.39, 0.29) is 5.69 Å². The Labute approximate surface area is 170 Å². The van der Waals surface area contributed by atoms with Crippen LogP contribution in [0.2, 0.25) is 0 Å². The molecule has 0 amide bonds. The third-order valence-electron chi connectivity index (χ3n) is 6.04. The second-order valence-electron chi connectivity index (χ2n) is 7.87. The highest BCUT2D eigenvalue weighted by molar-refractivity contribution is 7.89. The summed E-state index contributed by atoms with van der Waals surface area (Å²) in [4.78, 5) is 12.3. The van der Waals surface area contributed by atoms with E-state index in [9.17, 15) is 18.5 Å². The van der Waals surface area contributed by atoms with Gasteiger partial charge in [0.15, 0.2) is 6.67 Å². The molecule has 1 aliphatic heterocycles. The number of fused-ring (bicyclic) bond motifs is 1. The molecule has 0 radical (unpaired) electrons. The molecule has 2 aliphatic rings. The number of hydrogen-bond donors (Lipinski definition) is 1. The van der Waals surface area contributed by atoms with Gasteiger partial charge in [0, 0.05) is 0 Å². The molecule has 0 unspecified atom stereocenters. The molecule has 2 aromatic rings. The van der Waals surface area contributed by atoms with E-state index in [1.54, 1.807) is 28.9 Å². The topological polar surface area (TPSA) is 103 Å². The summed E-state index contributed by atoms with van der Waals surface area (Å²) in [5.41, 5.74) is 3.42. The molecule has 0 atom stereocenters. The van der Waals surface area contributed by atoms with Crippen LogP contribution < -0.4 is 4.90 Å². The van der Waals surface area contributed by atoms with Crippen molar-refractivity contribution < 1.29 is 18.2 Å². The van der Waals surface area contributed by atoms with Crippen molar-refractivity contribution in [3.8, 4) is 0 Å². The first-order valence-electron chi connectivity index (χ1n) is 9.91. The van der Waals surface area contributed by atoms with Crippen LogP contribution >= 0.6 is 0 Å². The lowest BCUT2D eigenvalue weighted by molar-refractivity contribution is -0.926. The highest BCUT2D eigenvalue weighted by atomic mass is 32.2. The third kappa shape index (κ3) is 3.67. The number of sulfonamides is 1. The van der Waals surface area contributed by atoms with Crippen molar-refractivity contribution >= 4 is 15.7 Å². The summed E-state index contributed by atoms with van der Waals surface area (Å²) >= 11 is 0. The Balaban J connectivity index is 1.43. The van der Waals surface area contributed by atoms with Crippen LogP contribution in [0.3, 0.4) is 0 Å². The van der Waals surface area contributed by atoms with Gasteiger partial charge in [-0.25, -0.2) is 13.1 Å². The second kappa shape index (κ2) is 7.51. The van der Waals surface area contributed by atoms with Crippen molar-refractivity contribution in [2.75, 3.05) is 26.2 Å². The molecular formula is C19H26N5O4S+. The van der Waals surface area contributed by atoms with Crippen LogP contribution in [-0.2, 0) is 29.5 Å². The Bertz CT molecular complexity index is 1050. The highest BCUT2D eigenvalue weighted by Gasteiger charge is 2.32. The highest BCUT2D eigenvalue weighted by Crippen LogP contribution is 2.26. The lowest BCUT2D eigenvalue weighted by Gasteiger charge is -2.31. The summed E-state index contributed by atoms with van der Waals surface area (Å²) in [5.74, 6) is 0. The maximum Gasteiger partial charge on any atom is 0.312 e. The van der Waals surface area contributed by atoms with Gasteiger partial charge in [-0.15, -0.1) is 0 Å². The van der Waals surface area contributed by atoms with Crippen molar-refractivity contribution in [1.82, 2.24) is 14.1 Å². The van der Waals surface area contributed by atoms with Gasteiger partial charge in [0.25, 0.3) is 0 Å². The lowest BCUT2D eigenvalue weighted by Crippen LogP contribution is -3.14. The van der Waals surface area contributed by atoms with Crippen LogP contribution in [0.1, 0.15) is 28.9 Å². The predicted octanol–water partition coefficient (Wildman–Crippen LogP) is 0.444. The average Bonchev–Trinajstić information content (AvgIpc) is 3.25. The number of piperazine rings is 1. The lowest BCUT2D eigenvalue weighted by atomic mass is 10.1. The summed E-state index contributed by atoms with van der Waals surface area (Å²) in [5, 5.41) is 15.5. The Morgan fingerprint density at radius 1 is 1.17 bits per heavy atom. The monoisotopic (exact) mass is 420 g/mol. The molecule has 4 rings (SSSR count). The molecule has 29 heavy (non-hydrogen) atoms. The standard InChI is InChI=1S/C19H25N5O4S/c1-14-19(24(25)26)15(2)23(20-14)13-21-8-10-22(11-9-21)29(27,28)18-7-6-16-4-3-5-17(16)12-18/h6-7,12H,3-5,8-11,13H2,1-2H3/p+1. The van der Waals surface area contributed by atoms with Crippen LogP contribution in [-0.4, -0.2) is 53.6 Å². The molecule has 1 fully saturated rings. The molecule has 9 nitrogen and oxygen atoms in total. The fourth-order valence-corrected chi connectivity index (χ4v) is 5.87. The fraction of sp³-hybridized carbons (Fsp3) is 0.526. The SMILES string of the molecule is Cc1nn(C[NH+]2CCN(S(=O)(=O)c3ccc4c(c3)CCC4)CC2)c(C)c1[N+](=O)[O-]. The summed E-state index contributed by atoms with van der Waals surface area (Å²) in [6.45, 7) is 5.95. The first kappa shape index (κ1) is 20.0. The maximum atomic E-state index is 13.1. The number of quaternary nitrogens is 1. The van der Waals surface area contributed by atoms with Gasteiger partial charge in [0.2, 0.25) is 10.0 Å². The van der Waals surface area contributed by atoms with E-state index < -0.39 is 14.9 Å². The van der Waals surface area contributed by atoms with Crippen molar-refractivity contribution in [1.29, 1.82) is 0 Å². The number of hydrogen-bond acceptors (Lipinski definition) is 5. The Hall–Kier alpha value is -2.30. The van der Waals surface area contributed by atoms with Gasteiger partial charge in [-0.05, 0) is 56.4 Å². The Morgan fingerprint density at radius 3 is 2.52 bits per heavy atom. The number of nitrogens with one attached hydrogen (secondary N) is 1. The van der Waals surface area contributed by atoms with Crippen LogP contribution in [0.25, 0.3) is 0 Å². The summed E-state index contributed by atoms with van der Waals surface area (Å²) in [6, 6.07) is 5.52. The van der Waals surface area contributed by atoms with Crippen LogP contribution in [0, 0.1) is 24.0 Å². The molecule has 1 aliphatic carbocycles. The molecule has 0 spiro atoms. The molecular weight excluding hydrogens is 394 g/mol. The Morgan fingerprint density at radius 2 is 1.86 bits per heavy atom. The van der Waals surface area contributed by atoms with E-state index in [0.717, 1.165) is 29.7 Å². The molecule has 1 N–H and O–H groups in total. The van der Waals surface area contributed by atoms with E-state index >= 15 is 0 Å². The number of rotatable bonds is 5. The molecule has 156 valence electrons. The van der Waals surface area contributed by atoms with Gasteiger partial charge < -0.3 is 4.90 Å². The molecule has 2 heterocycles. The third-order valence-corrected chi connectivity index (χ3v) is 7.93. The van der Waals surface area contributed by atoms with Gasteiger partial charge in [-0.1, -0.05) is 6.07 Å². The first-order valence-corrected chi connectivity index (χ1v) is 11.4. The van der Waals surface area contributed by atoms with E-state index in [4.69, 9.17) is 0 Å². The van der Waals surface area contributed by atoms with Gasteiger partial charge in [0.1, 0.15) is 11.4 Å². The van der Waals surface area contributed by atoms with Crippen LogP contribution in [0.4, 0.5) is 5.69 Å². The zero-order valence-corrected chi connectivity index (χ0v) is 17.5. The van der Waals surface area contributed by atoms with Crippen molar-refractivity contribution in [3.05, 3.63) is 50.8 Å². The maximum absolute atomic E-state index is 13.1. The quantitative estimate of drug-likeness (QED) is 0.559. The molecule has 1 aromatic heterocycles. The second-order valence-corrected chi connectivity index (χ2v) is 9.81. The largest absolute Gasteiger partial charge is 0.314 e. The number of nitrogens with zero attached hydrogens (tertiary/aromatic N) is 4. The number of benzene rings is 1. The van der Waals surface area contributed by atoms with Crippen molar-refractivity contribution in [2.24, 2.45) is 0 Å². The van der Waals surface area contributed by atoms with Crippen molar-refractivity contribution in [2.45, 2.75) is 44.7 Å². The van der Waals surface area contributed by atoms with Crippen LogP contribution in [0.15, 0.2) is 23.1 Å². The van der Waals surface area contributed by atoms with E-state index in [1.807, 2.05) is 12.1 Å². The van der Waals surface area contributed by atoms with E-state index in [2.05, 4.69) is 5.10 Å². The zero-order chi connectivity index (χ0) is 20.8. The van der Waals surface area contributed by atoms with Crippen molar-refractivity contribution in [3.63, 3.8) is 0 Å². The minimum absolute atomic E-state index is 0.0576. The number of nitro groups is 1. The Kier molecular flexibility index (Phi) is 5.18. The first-order chi connectivity index (χ1) is 13.8. The van der Waals surface area contributed by atoms with Gasteiger partial charge in [-0.3, -0.25) is 10.1 Å². The summed E-state index contributed by atoms with van der Waals surface area (Å²) in [6.07, 6.45) is 3.07. The molecule has 0 bridgehead atoms. The van der Waals surface area contributed by atoms with Gasteiger partial charge in [0.05, 0.1) is 36.0 Å². The zero-order valence-electron chi connectivity index (χ0n) is 16.7. The smallest absolute Gasteiger partial charge is 0.312 e. The fourth-order valence-electron chi connectivity index (χ4n) is 4.38. The van der Waals surface area contributed by atoms with Gasteiger partial charge in [-0.2, -0.15) is 9.40 Å². The molecule has 1 saturated heterocycles. The van der Waals surface area contributed by atoms with E-state index in [1.165, 1.54) is 5.56 Å². The summed E-state index contributed by atoms with van der Waals surface area (Å²) < 4.78 is 29.3. The molecule has 0 saturated carbocycles. The van der Waals surface area contributed by atoms with E-state index in [0.29, 0.717) is 49.1 Å². The van der Waals surface area contributed by atoms with Crippen LogP contribution in [0.5, 0.6) is 0 Å². The minimum atomic E-state index is -3.49. The average molecular weight is 421 g/mol. The molecule has 1 aromatic carbocycles. The predicted molar refractivity (Wildman–Crippen MR) is 106 cm³/mol. The normalized spacial score (nSPS) is 18.1. The number of aryl methyl sites for hydroxylation is 3. The minimum Gasteiger partial charge on any atom is -0.314 e. The van der Waals surface area contributed by atoms with Gasteiger partial charge >= 0.3 is 5.69 Å².